The van der Waals surface area contributed by atoms with Crippen LogP contribution >= 0.6 is 0 Å². The molecule has 3 N–H and O–H groups in total. The Balaban J connectivity index is 0.00000128. The molecule has 0 spiro atoms. The first-order chi connectivity index (χ1) is 21.5. The zero-order chi connectivity index (χ0) is 32.1. The molecule has 45 heavy (non-hydrogen) atoms. The van der Waals surface area contributed by atoms with Gasteiger partial charge in [-0.3, -0.25) is 14.6 Å². The molecule has 4 atom stereocenters. The van der Waals surface area contributed by atoms with Crippen LogP contribution in [0.5, 0.6) is 0 Å². The molecule has 1 saturated heterocycles. The summed E-state index contributed by atoms with van der Waals surface area (Å²) in [5.41, 5.74) is 8.99. The van der Waals surface area contributed by atoms with Gasteiger partial charge < -0.3 is 19.8 Å². The van der Waals surface area contributed by atoms with E-state index in [1.807, 2.05) is 6.07 Å². The van der Waals surface area contributed by atoms with E-state index in [1.165, 1.54) is 29.5 Å². The van der Waals surface area contributed by atoms with Gasteiger partial charge in [-0.25, -0.2) is 0 Å². The Hall–Kier alpha value is -3.68. The standard InChI is InChI=1S/C36H43N3O3.C2H4O/c1-36(2,3)30-9-10-32-28(18-30)16-27-17-29(19-33(27)38-32)34(41)20-25(12-14-39-15-13-31(40)22-39)23-4-6-24(7-5-23)26-8-11-35(42)37-21-26;1-2-3/h4-8,11,16-17,21,25,30-31,40H,9-10,12-15,18-20,22H2,1-3H3,(H,37,42);2H,1H3/p+1/t25-,30-,31?;/m0./s1. The number of quaternary nitrogens is 1. The number of carbonyl (C=O) groups is 2. The lowest BCUT2D eigenvalue weighted by Crippen LogP contribution is -3.10. The van der Waals surface area contributed by atoms with Crippen LogP contribution in [0.1, 0.15) is 87.4 Å². The number of nitrogens with zero attached hydrogens (tertiary/aromatic N) is 1. The molecule has 238 valence electrons. The summed E-state index contributed by atoms with van der Waals surface area (Å²) in [6.45, 7) is 11.2. The quantitative estimate of drug-likeness (QED) is 0.326. The molecule has 0 radical (unpaired) electrons. The van der Waals surface area contributed by atoms with E-state index in [1.54, 1.807) is 12.3 Å². The van der Waals surface area contributed by atoms with Crippen molar-refractivity contribution in [2.24, 2.45) is 11.3 Å². The van der Waals surface area contributed by atoms with Crippen LogP contribution in [0.3, 0.4) is 0 Å². The average Bonchev–Trinajstić information content (AvgIpc) is 3.63. The number of allylic oxidation sites excluding steroid dienone is 1. The molecule has 2 aliphatic carbocycles. The van der Waals surface area contributed by atoms with Crippen LogP contribution in [0.4, 0.5) is 0 Å². The van der Waals surface area contributed by atoms with Crippen molar-refractivity contribution in [1.29, 1.82) is 0 Å². The number of hydrogen-bond acceptors (Lipinski definition) is 5. The number of aromatic nitrogens is 2. The van der Waals surface area contributed by atoms with Gasteiger partial charge in [-0.15, -0.1) is 0 Å². The molecule has 2 aromatic heterocycles. The largest absolute Gasteiger partial charge is 0.387 e. The van der Waals surface area contributed by atoms with Gasteiger partial charge in [0.1, 0.15) is 18.9 Å². The highest BCUT2D eigenvalue weighted by Crippen LogP contribution is 2.39. The number of hydrogen-bond donors (Lipinski definition) is 3. The summed E-state index contributed by atoms with van der Waals surface area (Å²) in [6, 6.07) is 14.1. The predicted octanol–water partition coefficient (Wildman–Crippen LogP) is 4.52. The summed E-state index contributed by atoms with van der Waals surface area (Å²) in [4.78, 5) is 43.3. The van der Waals surface area contributed by atoms with Gasteiger partial charge in [-0.2, -0.15) is 0 Å². The molecule has 6 rings (SSSR count). The first kappa shape index (κ1) is 32.7. The smallest absolute Gasteiger partial charge is 0.247 e. The van der Waals surface area contributed by atoms with Crippen molar-refractivity contribution >= 4 is 18.1 Å². The number of H-pyrrole nitrogens is 1. The number of aryl methyl sites for hydroxylation is 1. The van der Waals surface area contributed by atoms with Crippen LogP contribution in [-0.2, 0) is 28.9 Å². The molecule has 3 aromatic rings. The monoisotopic (exact) mass is 610 g/mol. The molecule has 3 aliphatic rings. The number of Topliss-reactive ketones (excluding diaryl/α,β-unsaturated/α-hetero) is 1. The van der Waals surface area contributed by atoms with E-state index in [0.29, 0.717) is 18.8 Å². The molecule has 1 fully saturated rings. The van der Waals surface area contributed by atoms with Crippen LogP contribution < -0.4 is 10.5 Å². The Kier molecular flexibility index (Phi) is 10.3. The number of aldehydes is 1. The minimum atomic E-state index is -0.212. The minimum Gasteiger partial charge on any atom is -0.387 e. The fourth-order valence-electron chi connectivity index (χ4n) is 7.12. The van der Waals surface area contributed by atoms with Gasteiger partial charge >= 0.3 is 0 Å². The molecular weight excluding hydrogens is 562 g/mol. The van der Waals surface area contributed by atoms with Gasteiger partial charge in [0, 0.05) is 49.2 Å². The SMILES string of the molecule is CC(C)(C)[C@H]1CCc2nc3c(cc2C1)C=C(C(=O)C[C@H](CC[NH+]1CCC(O)C1)c1ccc(-c2ccc(=O)[nH]c2)cc1)C3.CC=O. The Bertz CT molecular complexity index is 1580. The lowest BCUT2D eigenvalue weighted by Gasteiger charge is -2.34. The molecular formula is C38H48N3O4+. The number of ketones is 1. The molecule has 1 aliphatic heterocycles. The van der Waals surface area contributed by atoms with Crippen LogP contribution in [0.25, 0.3) is 17.2 Å². The van der Waals surface area contributed by atoms with Crippen molar-refractivity contribution in [2.75, 3.05) is 19.6 Å². The highest BCUT2D eigenvalue weighted by molar-refractivity contribution is 6.02. The molecule has 1 aromatic carbocycles. The molecule has 0 amide bonds. The molecule has 0 bridgehead atoms. The second-order valence-electron chi connectivity index (χ2n) is 14.1. The van der Waals surface area contributed by atoms with Crippen LogP contribution in [0.2, 0.25) is 0 Å². The summed E-state index contributed by atoms with van der Waals surface area (Å²) >= 11 is 0. The number of benzene rings is 1. The van der Waals surface area contributed by atoms with Crippen molar-refractivity contribution in [3.8, 4) is 11.1 Å². The lowest BCUT2D eigenvalue weighted by molar-refractivity contribution is -0.889. The summed E-state index contributed by atoms with van der Waals surface area (Å²) in [7, 11) is 0. The molecule has 0 saturated carbocycles. The third kappa shape index (κ3) is 8.13. The normalized spacial score (nSPS) is 21.2. The van der Waals surface area contributed by atoms with E-state index in [9.17, 15) is 14.7 Å². The minimum absolute atomic E-state index is 0.102. The van der Waals surface area contributed by atoms with Crippen molar-refractivity contribution in [3.63, 3.8) is 0 Å². The van der Waals surface area contributed by atoms with Crippen molar-refractivity contribution in [2.45, 2.75) is 84.7 Å². The number of fused-ring (bicyclic) bond motifs is 2. The Morgan fingerprint density at radius 2 is 1.84 bits per heavy atom. The molecule has 7 heteroatoms. The summed E-state index contributed by atoms with van der Waals surface area (Å²) < 4.78 is 0. The number of aliphatic hydroxyl groups is 1. The Morgan fingerprint density at radius 1 is 1.11 bits per heavy atom. The highest BCUT2D eigenvalue weighted by Gasteiger charge is 2.32. The summed E-state index contributed by atoms with van der Waals surface area (Å²) in [5, 5.41) is 10.0. The van der Waals surface area contributed by atoms with Gasteiger partial charge in [0.15, 0.2) is 5.78 Å². The van der Waals surface area contributed by atoms with Crippen LogP contribution in [0.15, 0.2) is 59.0 Å². The number of nitrogens with one attached hydrogen (secondary N) is 2. The van der Waals surface area contributed by atoms with E-state index in [0.717, 1.165) is 85.1 Å². The number of pyridine rings is 2. The number of carbonyl (C=O) groups excluding carboxylic acids is 2. The van der Waals surface area contributed by atoms with Crippen LogP contribution in [-0.4, -0.2) is 52.9 Å². The van der Waals surface area contributed by atoms with E-state index < -0.39 is 0 Å². The fraction of sp³-hybridized carbons (Fsp3) is 0.474. The predicted molar refractivity (Wildman–Crippen MR) is 178 cm³/mol. The maximum atomic E-state index is 13.8. The van der Waals surface area contributed by atoms with Crippen molar-refractivity contribution in [1.82, 2.24) is 9.97 Å². The summed E-state index contributed by atoms with van der Waals surface area (Å²) in [5.74, 6) is 0.974. The fourth-order valence-corrected chi connectivity index (χ4v) is 7.12. The maximum absolute atomic E-state index is 13.8. The molecule has 3 heterocycles. The second-order valence-corrected chi connectivity index (χ2v) is 14.1. The highest BCUT2D eigenvalue weighted by atomic mass is 16.3. The zero-order valence-electron chi connectivity index (χ0n) is 27.2. The van der Waals surface area contributed by atoms with Crippen LogP contribution in [0, 0.1) is 11.3 Å². The number of likely N-dealkylation sites (tertiary alicyclic amines) is 1. The Labute approximate surface area is 266 Å². The number of aromatic amines is 1. The lowest BCUT2D eigenvalue weighted by atomic mass is 9.71. The van der Waals surface area contributed by atoms with Gasteiger partial charge in [0.25, 0.3) is 0 Å². The van der Waals surface area contributed by atoms with Crippen molar-refractivity contribution in [3.05, 3.63) is 92.7 Å². The second kappa shape index (κ2) is 14.2. The van der Waals surface area contributed by atoms with E-state index >= 15 is 0 Å². The average molecular weight is 611 g/mol. The number of rotatable bonds is 8. The third-order valence-corrected chi connectivity index (χ3v) is 9.90. The maximum Gasteiger partial charge on any atom is 0.247 e. The Morgan fingerprint density at radius 3 is 2.49 bits per heavy atom. The van der Waals surface area contributed by atoms with E-state index in [4.69, 9.17) is 9.78 Å². The van der Waals surface area contributed by atoms with Gasteiger partial charge in [0.2, 0.25) is 5.56 Å². The van der Waals surface area contributed by atoms with E-state index in [2.05, 4.69) is 62.2 Å². The zero-order valence-corrected chi connectivity index (χ0v) is 27.2. The third-order valence-electron chi connectivity index (χ3n) is 9.90. The first-order valence-corrected chi connectivity index (χ1v) is 16.5. The van der Waals surface area contributed by atoms with Gasteiger partial charge in [-0.1, -0.05) is 45.0 Å². The molecule has 7 nitrogen and oxygen atoms in total. The van der Waals surface area contributed by atoms with E-state index in [-0.39, 0.29) is 28.8 Å². The van der Waals surface area contributed by atoms with Crippen molar-refractivity contribution < 1.29 is 19.6 Å². The van der Waals surface area contributed by atoms with Gasteiger partial charge in [0.05, 0.1) is 18.8 Å². The molecule has 2 unspecified atom stereocenters. The topological polar surface area (TPSA) is 105 Å². The summed E-state index contributed by atoms with van der Waals surface area (Å²) in [6.07, 6.45) is 10.5. The number of aliphatic hydroxyl groups excluding tert-OH is 1. The van der Waals surface area contributed by atoms with Gasteiger partial charge in [-0.05, 0) is 89.5 Å². The first-order valence-electron chi connectivity index (χ1n) is 16.5.